The summed E-state index contributed by atoms with van der Waals surface area (Å²) in [7, 11) is 0. The first-order valence-corrected chi connectivity index (χ1v) is 8.61. The fourth-order valence-electron chi connectivity index (χ4n) is 3.38. The Morgan fingerprint density at radius 2 is 1.92 bits per heavy atom. The van der Waals surface area contributed by atoms with Crippen LogP contribution in [0.5, 0.6) is 0 Å². The minimum Gasteiger partial charge on any atom is -0.451 e. The van der Waals surface area contributed by atoms with Gasteiger partial charge in [-0.2, -0.15) is 0 Å². The van der Waals surface area contributed by atoms with E-state index in [2.05, 4.69) is 16.0 Å². The second kappa shape index (κ2) is 6.69. The molecule has 25 heavy (non-hydrogen) atoms. The van der Waals surface area contributed by atoms with Crippen LogP contribution in [0.1, 0.15) is 21.7 Å². The first-order chi connectivity index (χ1) is 12.2. The van der Waals surface area contributed by atoms with Crippen LogP contribution in [0.25, 0.3) is 11.0 Å². The average Bonchev–Trinajstić information content (AvgIpc) is 3.00. The van der Waals surface area contributed by atoms with E-state index < -0.39 is 0 Å². The zero-order valence-corrected chi connectivity index (χ0v) is 14.3. The van der Waals surface area contributed by atoms with Crippen molar-refractivity contribution in [2.75, 3.05) is 26.2 Å². The monoisotopic (exact) mass is 335 g/mol. The van der Waals surface area contributed by atoms with Crippen molar-refractivity contribution in [1.82, 2.24) is 14.8 Å². The lowest BCUT2D eigenvalue weighted by Crippen LogP contribution is -2.48. The molecular weight excluding hydrogens is 314 g/mol. The standard InChI is InChI=1S/C20H21N3O2/c1-15-17-6-2-3-7-18(17)25-19(15)20(24)23-11-9-22(10-12-23)14-16-5-4-8-21-13-16/h2-8,13H,9-12,14H2,1H3. The molecule has 3 heterocycles. The molecule has 5 nitrogen and oxygen atoms in total. The number of amides is 1. The Balaban J connectivity index is 1.43. The van der Waals surface area contributed by atoms with Crippen molar-refractivity contribution in [2.45, 2.75) is 13.5 Å². The van der Waals surface area contributed by atoms with E-state index in [0.717, 1.165) is 49.3 Å². The van der Waals surface area contributed by atoms with Crippen LogP contribution in [0.3, 0.4) is 0 Å². The van der Waals surface area contributed by atoms with Crippen LogP contribution in [-0.2, 0) is 6.54 Å². The lowest BCUT2D eigenvalue weighted by atomic mass is 10.1. The fourth-order valence-corrected chi connectivity index (χ4v) is 3.38. The van der Waals surface area contributed by atoms with Crippen molar-refractivity contribution >= 4 is 16.9 Å². The first kappa shape index (κ1) is 15.8. The van der Waals surface area contributed by atoms with Gasteiger partial charge in [0.2, 0.25) is 0 Å². The van der Waals surface area contributed by atoms with Crippen LogP contribution in [-0.4, -0.2) is 46.9 Å². The molecule has 0 spiro atoms. The molecule has 1 saturated heterocycles. The Bertz CT molecular complexity index is 880. The van der Waals surface area contributed by atoms with E-state index in [9.17, 15) is 4.79 Å². The highest BCUT2D eigenvalue weighted by Crippen LogP contribution is 2.26. The van der Waals surface area contributed by atoms with E-state index in [1.165, 1.54) is 5.56 Å². The molecule has 0 aliphatic carbocycles. The Labute approximate surface area is 146 Å². The minimum atomic E-state index is -0.00488. The van der Waals surface area contributed by atoms with Crippen LogP contribution < -0.4 is 0 Å². The lowest BCUT2D eigenvalue weighted by Gasteiger charge is -2.34. The summed E-state index contributed by atoms with van der Waals surface area (Å²) in [4.78, 5) is 21.3. The number of aryl methyl sites for hydroxylation is 1. The van der Waals surface area contributed by atoms with Gasteiger partial charge in [-0.25, -0.2) is 0 Å². The molecule has 1 amide bonds. The minimum absolute atomic E-state index is 0.00488. The number of furan rings is 1. The molecule has 0 atom stereocenters. The summed E-state index contributed by atoms with van der Waals surface area (Å²) in [5.74, 6) is 0.469. The number of carbonyl (C=O) groups excluding carboxylic acids is 1. The molecule has 3 aromatic rings. The van der Waals surface area contributed by atoms with E-state index in [0.29, 0.717) is 5.76 Å². The van der Waals surface area contributed by atoms with Crippen molar-refractivity contribution in [1.29, 1.82) is 0 Å². The number of hydrogen-bond acceptors (Lipinski definition) is 4. The van der Waals surface area contributed by atoms with Crippen molar-refractivity contribution in [3.8, 4) is 0 Å². The molecule has 0 unspecified atom stereocenters. The van der Waals surface area contributed by atoms with Crippen molar-refractivity contribution in [2.24, 2.45) is 0 Å². The number of piperazine rings is 1. The number of hydrogen-bond donors (Lipinski definition) is 0. The molecule has 1 aliphatic rings. The lowest BCUT2D eigenvalue weighted by molar-refractivity contribution is 0.0599. The molecule has 2 aromatic heterocycles. The Kier molecular flexibility index (Phi) is 4.24. The Morgan fingerprint density at radius 3 is 2.64 bits per heavy atom. The summed E-state index contributed by atoms with van der Waals surface area (Å²) < 4.78 is 5.82. The topological polar surface area (TPSA) is 49.6 Å². The maximum absolute atomic E-state index is 12.9. The average molecular weight is 335 g/mol. The summed E-state index contributed by atoms with van der Waals surface area (Å²) in [5, 5.41) is 1.01. The molecule has 4 rings (SSSR count). The molecule has 5 heteroatoms. The van der Waals surface area contributed by atoms with E-state index >= 15 is 0 Å². The summed E-state index contributed by atoms with van der Waals surface area (Å²) in [6.45, 7) is 5.99. The van der Waals surface area contributed by atoms with E-state index in [-0.39, 0.29) is 5.91 Å². The van der Waals surface area contributed by atoms with Gasteiger partial charge < -0.3 is 9.32 Å². The molecule has 0 saturated carbocycles. The molecular formula is C20H21N3O2. The molecule has 128 valence electrons. The number of benzene rings is 1. The van der Waals surface area contributed by atoms with Gasteiger partial charge in [0.15, 0.2) is 5.76 Å². The third kappa shape index (κ3) is 3.15. The quantitative estimate of drug-likeness (QED) is 0.738. The normalized spacial score (nSPS) is 15.6. The summed E-state index contributed by atoms with van der Waals surface area (Å²) in [6.07, 6.45) is 3.69. The van der Waals surface area contributed by atoms with E-state index in [1.807, 2.05) is 48.4 Å². The van der Waals surface area contributed by atoms with Crippen molar-refractivity contribution < 1.29 is 9.21 Å². The van der Waals surface area contributed by atoms with Gasteiger partial charge in [0, 0.05) is 56.1 Å². The van der Waals surface area contributed by atoms with Crippen molar-refractivity contribution in [3.63, 3.8) is 0 Å². The molecule has 1 aliphatic heterocycles. The van der Waals surface area contributed by atoms with Crippen LogP contribution in [0.2, 0.25) is 0 Å². The van der Waals surface area contributed by atoms with Gasteiger partial charge in [-0.05, 0) is 24.6 Å². The summed E-state index contributed by atoms with van der Waals surface area (Å²) in [6, 6.07) is 11.8. The van der Waals surface area contributed by atoms with Crippen LogP contribution in [0.4, 0.5) is 0 Å². The number of rotatable bonds is 3. The summed E-state index contributed by atoms with van der Waals surface area (Å²) >= 11 is 0. The number of nitrogens with zero attached hydrogens (tertiary/aromatic N) is 3. The highest BCUT2D eigenvalue weighted by atomic mass is 16.3. The van der Waals surface area contributed by atoms with Gasteiger partial charge in [-0.15, -0.1) is 0 Å². The van der Waals surface area contributed by atoms with Gasteiger partial charge >= 0.3 is 0 Å². The Morgan fingerprint density at radius 1 is 1.12 bits per heavy atom. The molecule has 0 bridgehead atoms. The molecule has 0 N–H and O–H groups in total. The zero-order chi connectivity index (χ0) is 17.2. The van der Waals surface area contributed by atoms with Gasteiger partial charge in [0.1, 0.15) is 5.58 Å². The third-order valence-corrected chi connectivity index (χ3v) is 4.83. The fraction of sp³-hybridized carbons (Fsp3) is 0.300. The van der Waals surface area contributed by atoms with E-state index in [1.54, 1.807) is 6.20 Å². The Hall–Kier alpha value is -2.66. The molecule has 0 radical (unpaired) electrons. The highest BCUT2D eigenvalue weighted by Gasteiger charge is 2.26. The molecule has 1 aromatic carbocycles. The molecule has 1 fully saturated rings. The predicted molar refractivity (Wildman–Crippen MR) is 96.4 cm³/mol. The van der Waals surface area contributed by atoms with Gasteiger partial charge in [-0.3, -0.25) is 14.7 Å². The van der Waals surface area contributed by atoms with Gasteiger partial charge in [-0.1, -0.05) is 24.3 Å². The largest absolute Gasteiger partial charge is 0.451 e. The van der Waals surface area contributed by atoms with Crippen LogP contribution in [0, 0.1) is 6.92 Å². The van der Waals surface area contributed by atoms with E-state index in [4.69, 9.17) is 4.42 Å². The maximum atomic E-state index is 12.9. The van der Waals surface area contributed by atoms with Gasteiger partial charge in [0.25, 0.3) is 5.91 Å². The number of fused-ring (bicyclic) bond motifs is 1. The predicted octanol–water partition coefficient (Wildman–Crippen LogP) is 3.09. The smallest absolute Gasteiger partial charge is 0.289 e. The second-order valence-corrected chi connectivity index (χ2v) is 6.48. The second-order valence-electron chi connectivity index (χ2n) is 6.48. The number of pyridine rings is 1. The zero-order valence-electron chi connectivity index (χ0n) is 14.3. The maximum Gasteiger partial charge on any atom is 0.289 e. The number of para-hydroxylation sites is 1. The summed E-state index contributed by atoms with van der Waals surface area (Å²) in [5.41, 5.74) is 2.91. The third-order valence-electron chi connectivity index (χ3n) is 4.83. The number of aromatic nitrogens is 1. The van der Waals surface area contributed by atoms with Crippen molar-refractivity contribution in [3.05, 3.63) is 65.7 Å². The number of carbonyl (C=O) groups is 1. The van der Waals surface area contributed by atoms with Gasteiger partial charge in [0.05, 0.1) is 0 Å². The SMILES string of the molecule is Cc1c(C(=O)N2CCN(Cc3cccnc3)CC2)oc2ccccc12. The highest BCUT2D eigenvalue weighted by molar-refractivity contribution is 5.98. The van der Waals surface area contributed by atoms with Crippen LogP contribution >= 0.6 is 0 Å². The van der Waals surface area contributed by atoms with Crippen LogP contribution in [0.15, 0.2) is 53.2 Å². The first-order valence-electron chi connectivity index (χ1n) is 8.61.